The molecule has 0 saturated heterocycles. The molecule has 0 aliphatic carbocycles. The zero-order chi connectivity index (χ0) is 13.9. The van der Waals surface area contributed by atoms with Crippen LogP contribution in [-0.4, -0.2) is 36.0 Å². The Hall–Kier alpha value is -0.590. The van der Waals surface area contributed by atoms with Crippen molar-refractivity contribution >= 4 is 21.6 Å². The molecular weight excluding hydrogens is 274 g/mol. The lowest BCUT2D eigenvalue weighted by molar-refractivity contribution is 0.367. The van der Waals surface area contributed by atoms with Crippen LogP contribution in [0.2, 0.25) is 0 Å². The third-order valence-electron chi connectivity index (χ3n) is 3.12. The summed E-state index contributed by atoms with van der Waals surface area (Å²) in [5.74, 6) is 0.132. The first-order chi connectivity index (χ1) is 8.36. The molecule has 18 heavy (non-hydrogen) atoms. The molecule has 0 bridgehead atoms. The smallest absolute Gasteiger partial charge is 0.262 e. The highest BCUT2D eigenvalue weighted by Gasteiger charge is 2.30. The molecule has 0 aromatic carbocycles. The van der Waals surface area contributed by atoms with Crippen LogP contribution in [-0.2, 0) is 15.9 Å². The number of nitrogens with one attached hydrogen (secondary N) is 1. The van der Waals surface area contributed by atoms with Gasteiger partial charge in [-0.3, -0.25) is 5.10 Å². The van der Waals surface area contributed by atoms with E-state index in [-0.39, 0.29) is 16.9 Å². The van der Waals surface area contributed by atoms with Gasteiger partial charge in [0.1, 0.15) is 0 Å². The zero-order valence-corrected chi connectivity index (χ0v) is 12.8. The lowest BCUT2D eigenvalue weighted by Gasteiger charge is -2.23. The lowest BCUT2D eigenvalue weighted by Crippen LogP contribution is -2.35. The van der Waals surface area contributed by atoms with Crippen molar-refractivity contribution in [1.29, 1.82) is 0 Å². The Balaban J connectivity index is 3.13. The molecule has 0 saturated carbocycles. The third-order valence-corrected chi connectivity index (χ3v) is 5.33. The molecule has 0 amide bonds. The van der Waals surface area contributed by atoms with Crippen LogP contribution in [0.3, 0.4) is 0 Å². The number of hydrogen-bond donors (Lipinski definition) is 1. The number of rotatable bonds is 6. The number of hydrogen-bond acceptors (Lipinski definition) is 3. The van der Waals surface area contributed by atoms with Gasteiger partial charge in [-0.1, -0.05) is 13.3 Å². The number of alkyl halides is 1. The minimum Gasteiger partial charge on any atom is -0.281 e. The van der Waals surface area contributed by atoms with E-state index in [2.05, 4.69) is 10.2 Å². The summed E-state index contributed by atoms with van der Waals surface area (Å²) in [6.45, 7) is 5.68. The van der Waals surface area contributed by atoms with Gasteiger partial charge in [-0.15, -0.1) is 11.6 Å². The second-order valence-corrected chi connectivity index (χ2v) is 6.60. The van der Waals surface area contributed by atoms with Crippen LogP contribution < -0.4 is 0 Å². The molecule has 5 nitrogen and oxygen atoms in total. The molecule has 1 aromatic heterocycles. The second kappa shape index (κ2) is 6.04. The van der Waals surface area contributed by atoms with Gasteiger partial charge in [0.25, 0.3) is 10.0 Å². The number of aromatic amines is 1. The van der Waals surface area contributed by atoms with Crippen LogP contribution in [0.4, 0.5) is 0 Å². The molecule has 1 atom stereocenters. The number of sulfonamides is 1. The number of aromatic nitrogens is 2. The van der Waals surface area contributed by atoms with E-state index in [1.165, 1.54) is 4.31 Å². The molecule has 1 heterocycles. The molecule has 0 spiro atoms. The maximum Gasteiger partial charge on any atom is 0.262 e. The molecular formula is C11H20ClN3O2S. The van der Waals surface area contributed by atoms with E-state index in [1.54, 1.807) is 14.0 Å². The summed E-state index contributed by atoms with van der Waals surface area (Å²) < 4.78 is 26.2. The quantitative estimate of drug-likeness (QED) is 0.818. The number of halogens is 1. The van der Waals surface area contributed by atoms with Crippen molar-refractivity contribution in [2.45, 2.75) is 50.6 Å². The van der Waals surface area contributed by atoms with Gasteiger partial charge in [0, 0.05) is 24.3 Å². The van der Waals surface area contributed by atoms with Gasteiger partial charge < -0.3 is 0 Å². The molecule has 1 N–H and O–H groups in total. The summed E-state index contributed by atoms with van der Waals surface area (Å²) in [6, 6.07) is -0.0554. The summed E-state index contributed by atoms with van der Waals surface area (Å²) in [5.41, 5.74) is 1.24. The summed E-state index contributed by atoms with van der Waals surface area (Å²) in [5, 5.41) is 6.60. The predicted molar refractivity (Wildman–Crippen MR) is 72.2 cm³/mol. The largest absolute Gasteiger partial charge is 0.281 e. The molecule has 1 aromatic rings. The van der Waals surface area contributed by atoms with E-state index in [9.17, 15) is 8.42 Å². The van der Waals surface area contributed by atoms with Crippen molar-refractivity contribution in [1.82, 2.24) is 14.5 Å². The molecule has 0 radical (unpaired) electrons. The highest BCUT2D eigenvalue weighted by Crippen LogP contribution is 2.23. The van der Waals surface area contributed by atoms with Crippen molar-refractivity contribution in [3.8, 4) is 0 Å². The van der Waals surface area contributed by atoms with Crippen LogP contribution in [0, 0.1) is 6.92 Å². The topological polar surface area (TPSA) is 66.1 Å². The molecule has 0 aliphatic heterocycles. The van der Waals surface area contributed by atoms with Crippen LogP contribution in [0.5, 0.6) is 0 Å². The van der Waals surface area contributed by atoms with Crippen molar-refractivity contribution in [3.63, 3.8) is 0 Å². The average Bonchev–Trinajstić information content (AvgIpc) is 2.70. The first-order valence-electron chi connectivity index (χ1n) is 5.94. The highest BCUT2D eigenvalue weighted by atomic mass is 35.5. The summed E-state index contributed by atoms with van der Waals surface area (Å²) >= 11 is 5.79. The average molecular weight is 294 g/mol. The number of aryl methyl sites for hydroxylation is 1. The first-order valence-corrected chi connectivity index (χ1v) is 7.91. The molecule has 7 heteroatoms. The van der Waals surface area contributed by atoms with Gasteiger partial charge in [0.2, 0.25) is 0 Å². The van der Waals surface area contributed by atoms with Crippen molar-refractivity contribution in [2.75, 3.05) is 7.05 Å². The van der Waals surface area contributed by atoms with Gasteiger partial charge in [0.15, 0.2) is 5.03 Å². The van der Waals surface area contributed by atoms with Crippen molar-refractivity contribution in [3.05, 3.63) is 11.3 Å². The van der Waals surface area contributed by atoms with Crippen molar-refractivity contribution < 1.29 is 8.42 Å². The Morgan fingerprint density at radius 3 is 2.61 bits per heavy atom. The van der Waals surface area contributed by atoms with Gasteiger partial charge in [0.05, 0.1) is 5.88 Å². The fourth-order valence-electron chi connectivity index (χ4n) is 1.77. The maximum atomic E-state index is 12.4. The molecule has 0 fully saturated rings. The summed E-state index contributed by atoms with van der Waals surface area (Å²) in [6.07, 6.45) is 1.75. The van der Waals surface area contributed by atoms with Crippen LogP contribution in [0.25, 0.3) is 0 Å². The lowest BCUT2D eigenvalue weighted by atomic mass is 10.2. The van der Waals surface area contributed by atoms with Gasteiger partial charge >= 0.3 is 0 Å². The Morgan fingerprint density at radius 2 is 2.11 bits per heavy atom. The number of nitrogens with zero attached hydrogens (tertiary/aromatic N) is 2. The van der Waals surface area contributed by atoms with Gasteiger partial charge in [-0.05, 0) is 20.3 Å². The minimum absolute atomic E-state index is 0.0421. The highest BCUT2D eigenvalue weighted by molar-refractivity contribution is 7.89. The monoisotopic (exact) mass is 293 g/mol. The normalized spacial score (nSPS) is 14.1. The summed E-state index contributed by atoms with van der Waals surface area (Å²) in [7, 11) is -1.99. The predicted octanol–water partition coefficient (Wildman–Crippen LogP) is 2.27. The third kappa shape index (κ3) is 2.87. The van der Waals surface area contributed by atoms with Crippen molar-refractivity contribution in [2.24, 2.45) is 0 Å². The fraction of sp³-hybridized carbons (Fsp3) is 0.727. The minimum atomic E-state index is -3.58. The number of H-pyrrole nitrogens is 1. The van der Waals surface area contributed by atoms with Crippen LogP contribution in [0.1, 0.15) is 37.9 Å². The van der Waals surface area contributed by atoms with E-state index in [1.807, 2.05) is 13.8 Å². The van der Waals surface area contributed by atoms with E-state index >= 15 is 0 Å². The first kappa shape index (κ1) is 15.5. The zero-order valence-electron chi connectivity index (χ0n) is 11.2. The van der Waals surface area contributed by atoms with E-state index < -0.39 is 10.0 Å². The molecule has 104 valence electrons. The molecule has 0 aliphatic rings. The Morgan fingerprint density at radius 1 is 1.50 bits per heavy atom. The Bertz CT molecular complexity index is 498. The fourth-order valence-corrected chi connectivity index (χ4v) is 3.73. The maximum absolute atomic E-state index is 12.4. The standard InChI is InChI=1S/C11H20ClN3O2S/c1-5-6-8(2)15(4)18(16,17)11-10(7-12)9(3)13-14-11/h8H,5-7H2,1-4H3,(H,13,14). The van der Waals surface area contributed by atoms with E-state index in [0.717, 1.165) is 12.8 Å². The van der Waals surface area contributed by atoms with Gasteiger partial charge in [-0.25, -0.2) is 8.42 Å². The SMILES string of the molecule is CCCC(C)N(C)S(=O)(=O)c1n[nH]c(C)c1CCl. The summed E-state index contributed by atoms with van der Waals surface area (Å²) in [4.78, 5) is 0. The van der Waals surface area contributed by atoms with Gasteiger partial charge in [-0.2, -0.15) is 9.40 Å². The van der Waals surface area contributed by atoms with Crippen LogP contribution >= 0.6 is 11.6 Å². The van der Waals surface area contributed by atoms with E-state index in [0.29, 0.717) is 11.3 Å². The second-order valence-electron chi connectivity index (χ2n) is 4.42. The van der Waals surface area contributed by atoms with Crippen LogP contribution in [0.15, 0.2) is 5.03 Å². The molecule has 1 rings (SSSR count). The van der Waals surface area contributed by atoms with E-state index in [4.69, 9.17) is 11.6 Å². The Kier molecular flexibility index (Phi) is 5.19. The Labute approximate surface area is 114 Å². The molecule has 1 unspecified atom stereocenters.